The van der Waals surface area contributed by atoms with Crippen LogP contribution in [-0.2, 0) is 20.9 Å². The molecule has 16 heteroatoms. The first-order valence-corrected chi connectivity index (χ1v) is 12.2. The van der Waals surface area contributed by atoms with Crippen LogP contribution in [0.25, 0.3) is 11.2 Å². The summed E-state index contributed by atoms with van der Waals surface area (Å²) in [5.41, 5.74) is 12.0. The fourth-order valence-electron chi connectivity index (χ4n) is 3.24. The molecule has 7 N–H and O–H groups in total. The number of hydrogen-bond acceptors (Lipinski definition) is 11. The van der Waals surface area contributed by atoms with Gasteiger partial charge in [-0.05, 0) is 30.7 Å². The number of guanidine groups is 1. The SMILES string of the molecule is CN(C)C(N)=[N+](C)C.COC(=O)CCC(NC(=O)c1ccc(NCc2cnc3nc(N)[nH]c(=O)c3n2)cc1)C(=O)[O-]. The number of hydrogen-bond donors (Lipinski definition) is 5. The van der Waals surface area contributed by atoms with Gasteiger partial charge in [-0.1, -0.05) is 0 Å². The number of carbonyl (C=O) groups is 3. The zero-order valence-corrected chi connectivity index (χ0v) is 23.4. The lowest BCUT2D eigenvalue weighted by molar-refractivity contribution is -0.470. The number of nitrogen functional groups attached to an aromatic ring is 1. The number of amides is 1. The van der Waals surface area contributed by atoms with Gasteiger partial charge in [-0.2, -0.15) is 4.98 Å². The standard InChI is InChI=1S/C20H21N7O6.C5H13N3/c1-33-14(28)7-6-13(19(31)32)25-17(29)10-2-4-11(5-3-10)22-8-12-9-23-16-15(24-12)18(30)27-20(21)26-16;1-7(2)5(6)8(3)4/h2-5,9,13,22H,6-8H2,1H3,(H,25,29)(H,31,32)(H3,21,23,26,27,30);6H,1-4H3. The number of methoxy groups -OCH3 is 1. The van der Waals surface area contributed by atoms with E-state index in [9.17, 15) is 24.3 Å². The Bertz CT molecular complexity index is 1470. The van der Waals surface area contributed by atoms with Crippen molar-refractivity contribution in [1.29, 1.82) is 0 Å². The number of aliphatic carboxylic acids is 1. The summed E-state index contributed by atoms with van der Waals surface area (Å²) in [7, 11) is 8.83. The maximum Gasteiger partial charge on any atom is 0.344 e. The molecule has 0 radical (unpaired) electrons. The van der Waals surface area contributed by atoms with E-state index < -0.39 is 29.4 Å². The van der Waals surface area contributed by atoms with Crippen molar-refractivity contribution in [3.63, 3.8) is 0 Å². The number of nitrogens with two attached hydrogens (primary N) is 2. The first-order chi connectivity index (χ1) is 19.3. The fraction of sp³-hybridized carbons (Fsp3) is 0.360. The minimum absolute atomic E-state index is 0.0498. The number of aromatic amines is 1. The lowest BCUT2D eigenvalue weighted by atomic mass is 10.1. The number of anilines is 2. The molecule has 1 unspecified atom stereocenters. The van der Waals surface area contributed by atoms with Crippen LogP contribution in [0.3, 0.4) is 0 Å². The number of fused-ring (bicyclic) bond motifs is 1. The van der Waals surface area contributed by atoms with E-state index in [-0.39, 0.29) is 42.1 Å². The highest BCUT2D eigenvalue weighted by atomic mass is 16.5. The van der Waals surface area contributed by atoms with Crippen LogP contribution in [0.4, 0.5) is 11.6 Å². The molecular formula is C25H34N10O6. The molecule has 2 aromatic heterocycles. The molecule has 0 aliphatic heterocycles. The Kier molecular flexibility index (Phi) is 11.5. The van der Waals surface area contributed by atoms with Crippen molar-refractivity contribution in [2.45, 2.75) is 25.4 Å². The normalized spacial score (nSPS) is 11.0. The maximum absolute atomic E-state index is 12.3. The van der Waals surface area contributed by atoms with Gasteiger partial charge in [0, 0.05) is 17.7 Å². The van der Waals surface area contributed by atoms with Crippen LogP contribution < -0.4 is 32.8 Å². The average Bonchev–Trinajstić information content (AvgIpc) is 2.93. The summed E-state index contributed by atoms with van der Waals surface area (Å²) in [6.45, 7) is 0.235. The van der Waals surface area contributed by atoms with Gasteiger partial charge in [-0.25, -0.2) is 9.97 Å². The van der Waals surface area contributed by atoms with E-state index in [1.54, 1.807) is 12.1 Å². The molecule has 0 bridgehead atoms. The van der Waals surface area contributed by atoms with Crippen LogP contribution >= 0.6 is 0 Å². The lowest BCUT2D eigenvalue weighted by Gasteiger charge is -2.19. The summed E-state index contributed by atoms with van der Waals surface area (Å²) in [6.07, 6.45) is 1.13. The van der Waals surface area contributed by atoms with Crippen molar-refractivity contribution < 1.29 is 28.8 Å². The molecular weight excluding hydrogens is 536 g/mol. The summed E-state index contributed by atoms with van der Waals surface area (Å²) >= 11 is 0. The summed E-state index contributed by atoms with van der Waals surface area (Å²) in [5, 5.41) is 16.6. The largest absolute Gasteiger partial charge is 0.548 e. The number of carboxylic acid groups (broad SMARTS) is 1. The Hall–Kier alpha value is -5.28. The molecule has 0 saturated carbocycles. The van der Waals surface area contributed by atoms with Gasteiger partial charge in [0.1, 0.15) is 0 Å². The zero-order valence-electron chi connectivity index (χ0n) is 23.4. The van der Waals surface area contributed by atoms with E-state index in [0.29, 0.717) is 11.4 Å². The Labute approximate surface area is 235 Å². The molecule has 0 aliphatic carbocycles. The van der Waals surface area contributed by atoms with E-state index in [0.717, 1.165) is 5.96 Å². The predicted molar refractivity (Wildman–Crippen MR) is 149 cm³/mol. The van der Waals surface area contributed by atoms with Gasteiger partial charge < -0.3 is 31.0 Å². The van der Waals surface area contributed by atoms with Crippen molar-refractivity contribution in [3.8, 4) is 0 Å². The molecule has 220 valence electrons. The summed E-state index contributed by atoms with van der Waals surface area (Å²) < 4.78 is 6.33. The van der Waals surface area contributed by atoms with Crippen molar-refractivity contribution >= 4 is 46.6 Å². The van der Waals surface area contributed by atoms with Crippen LogP contribution in [0.5, 0.6) is 0 Å². The van der Waals surface area contributed by atoms with E-state index >= 15 is 0 Å². The van der Waals surface area contributed by atoms with Gasteiger partial charge in [0.25, 0.3) is 11.5 Å². The van der Waals surface area contributed by atoms with Crippen LogP contribution in [-0.4, -0.2) is 94.6 Å². The average molecular weight is 571 g/mol. The predicted octanol–water partition coefficient (Wildman–Crippen LogP) is -2.16. The zero-order chi connectivity index (χ0) is 30.7. The molecule has 3 rings (SSSR count). The number of esters is 1. The number of nitrogens with one attached hydrogen (secondary N) is 3. The lowest BCUT2D eigenvalue weighted by Crippen LogP contribution is -2.48. The first kappa shape index (κ1) is 31.9. The number of rotatable bonds is 9. The van der Waals surface area contributed by atoms with E-state index in [1.165, 1.54) is 25.4 Å². The molecule has 1 amide bonds. The summed E-state index contributed by atoms with van der Waals surface area (Å²) in [5.74, 6) is -2.01. The Balaban J connectivity index is 0.000000642. The van der Waals surface area contributed by atoms with E-state index in [2.05, 4.69) is 35.3 Å². The quantitative estimate of drug-likeness (QED) is 0.0799. The molecule has 0 fully saturated rings. The second-order valence-corrected chi connectivity index (χ2v) is 9.02. The topological polar surface area (TPSA) is 237 Å². The first-order valence-electron chi connectivity index (χ1n) is 12.2. The van der Waals surface area contributed by atoms with Crippen LogP contribution in [0.15, 0.2) is 35.3 Å². The monoisotopic (exact) mass is 570 g/mol. The molecule has 0 saturated heterocycles. The van der Waals surface area contributed by atoms with E-state index in [4.69, 9.17) is 11.5 Å². The third-order valence-corrected chi connectivity index (χ3v) is 5.48. The third kappa shape index (κ3) is 9.76. The number of aromatic nitrogens is 4. The number of nitrogens with zero attached hydrogens (tertiary/aromatic N) is 5. The van der Waals surface area contributed by atoms with Crippen molar-refractivity contribution in [2.75, 3.05) is 46.4 Å². The van der Waals surface area contributed by atoms with Gasteiger partial charge in [-0.15, -0.1) is 0 Å². The highest BCUT2D eigenvalue weighted by molar-refractivity contribution is 5.96. The Morgan fingerprint density at radius 3 is 2.37 bits per heavy atom. The van der Waals surface area contributed by atoms with Crippen LogP contribution in [0.2, 0.25) is 0 Å². The highest BCUT2D eigenvalue weighted by Crippen LogP contribution is 2.12. The molecule has 1 aromatic carbocycles. The maximum atomic E-state index is 12.3. The minimum Gasteiger partial charge on any atom is -0.548 e. The number of H-pyrrole nitrogens is 1. The fourth-order valence-corrected chi connectivity index (χ4v) is 3.24. The second kappa shape index (κ2) is 14.8. The summed E-state index contributed by atoms with van der Waals surface area (Å²) in [4.78, 5) is 63.1. The third-order valence-electron chi connectivity index (χ3n) is 5.48. The minimum atomic E-state index is -1.50. The molecule has 0 spiro atoms. The molecule has 41 heavy (non-hydrogen) atoms. The van der Waals surface area contributed by atoms with Gasteiger partial charge in [-0.3, -0.25) is 34.6 Å². The van der Waals surface area contributed by atoms with Crippen LogP contribution in [0, 0.1) is 0 Å². The molecule has 16 nitrogen and oxygen atoms in total. The van der Waals surface area contributed by atoms with Gasteiger partial charge in [0.05, 0.1) is 65.7 Å². The number of ether oxygens (including phenoxy) is 1. The van der Waals surface area contributed by atoms with Gasteiger partial charge in [0.2, 0.25) is 5.95 Å². The molecule has 2 heterocycles. The van der Waals surface area contributed by atoms with Crippen molar-refractivity contribution in [2.24, 2.45) is 5.73 Å². The van der Waals surface area contributed by atoms with Crippen molar-refractivity contribution in [3.05, 3.63) is 52.1 Å². The number of carbonyl (C=O) groups excluding carboxylic acids is 3. The summed E-state index contributed by atoms with van der Waals surface area (Å²) in [6, 6.07) is 4.87. The van der Waals surface area contributed by atoms with Gasteiger partial charge in [0.15, 0.2) is 11.2 Å². The highest BCUT2D eigenvalue weighted by Gasteiger charge is 2.17. The molecule has 1 atom stereocenters. The van der Waals surface area contributed by atoms with Gasteiger partial charge >= 0.3 is 11.9 Å². The smallest absolute Gasteiger partial charge is 0.344 e. The van der Waals surface area contributed by atoms with E-state index in [1.807, 2.05) is 37.7 Å². The number of carboxylic acids is 1. The Morgan fingerprint density at radius 2 is 1.83 bits per heavy atom. The van der Waals surface area contributed by atoms with Crippen LogP contribution in [0.1, 0.15) is 28.9 Å². The second-order valence-electron chi connectivity index (χ2n) is 9.02. The van der Waals surface area contributed by atoms with Crippen molar-refractivity contribution in [1.82, 2.24) is 30.2 Å². The molecule has 3 aromatic rings. The Morgan fingerprint density at radius 1 is 1.17 bits per heavy atom. The number of benzene rings is 1. The molecule has 0 aliphatic rings.